The molecule has 0 atom stereocenters. The van der Waals surface area contributed by atoms with Crippen LogP contribution in [0.2, 0.25) is 5.02 Å². The van der Waals surface area contributed by atoms with Crippen LogP contribution < -0.4 is 10.2 Å². The third-order valence-corrected chi connectivity index (χ3v) is 5.97. The highest BCUT2D eigenvalue weighted by atomic mass is 35.5. The number of anilines is 2. The Morgan fingerprint density at radius 2 is 2.00 bits per heavy atom. The van der Waals surface area contributed by atoms with Gasteiger partial charge in [-0.25, -0.2) is 4.98 Å². The number of thiazole rings is 1. The number of carbonyl (C=O) groups is 2. The van der Waals surface area contributed by atoms with Crippen LogP contribution in [-0.2, 0) is 10.2 Å². The molecular weight excluding hydrogens is 394 g/mol. The Morgan fingerprint density at radius 3 is 2.75 bits per heavy atom. The summed E-state index contributed by atoms with van der Waals surface area (Å²) in [5, 5.41) is 5.71. The zero-order valence-corrected chi connectivity index (χ0v) is 17.2. The molecular formula is C21H18ClN3O2S. The molecule has 7 heteroatoms. The van der Waals surface area contributed by atoms with Crippen molar-refractivity contribution < 1.29 is 9.59 Å². The molecule has 0 radical (unpaired) electrons. The maximum atomic E-state index is 12.5. The summed E-state index contributed by atoms with van der Waals surface area (Å²) >= 11 is 7.30. The summed E-state index contributed by atoms with van der Waals surface area (Å²) in [6.45, 7) is 3.86. The first kappa shape index (κ1) is 18.7. The van der Waals surface area contributed by atoms with Crippen molar-refractivity contribution in [1.82, 2.24) is 4.98 Å². The Morgan fingerprint density at radius 1 is 1.21 bits per heavy atom. The second kappa shape index (κ2) is 6.72. The zero-order valence-electron chi connectivity index (χ0n) is 15.6. The number of rotatable bonds is 3. The minimum absolute atomic E-state index is 0.0763. The first-order chi connectivity index (χ1) is 13.3. The Balaban J connectivity index is 1.60. The average molecular weight is 412 g/mol. The van der Waals surface area contributed by atoms with Gasteiger partial charge in [-0.2, -0.15) is 0 Å². The second-order valence-electron chi connectivity index (χ2n) is 7.22. The van der Waals surface area contributed by atoms with Gasteiger partial charge >= 0.3 is 0 Å². The van der Waals surface area contributed by atoms with Gasteiger partial charge in [-0.1, -0.05) is 23.7 Å². The molecule has 142 valence electrons. The molecule has 2 aromatic carbocycles. The van der Waals surface area contributed by atoms with Crippen LogP contribution >= 0.6 is 22.9 Å². The number of hydrogen-bond acceptors (Lipinski definition) is 4. The number of nitrogens with zero attached hydrogens (tertiary/aromatic N) is 2. The third kappa shape index (κ3) is 3.08. The Bertz CT molecular complexity index is 1110. The third-order valence-electron chi connectivity index (χ3n) is 4.98. The van der Waals surface area contributed by atoms with Gasteiger partial charge in [0.25, 0.3) is 5.91 Å². The van der Waals surface area contributed by atoms with Crippen LogP contribution in [0.3, 0.4) is 0 Å². The minimum atomic E-state index is -0.570. The van der Waals surface area contributed by atoms with Gasteiger partial charge < -0.3 is 4.90 Å². The molecule has 1 aliphatic heterocycles. The van der Waals surface area contributed by atoms with Crippen molar-refractivity contribution in [1.29, 1.82) is 0 Å². The molecule has 1 aliphatic rings. The van der Waals surface area contributed by atoms with E-state index in [1.54, 1.807) is 36.2 Å². The molecule has 0 saturated heterocycles. The fraction of sp³-hybridized carbons (Fsp3) is 0.190. The first-order valence-electron chi connectivity index (χ1n) is 8.73. The van der Waals surface area contributed by atoms with E-state index in [9.17, 15) is 9.59 Å². The highest BCUT2D eigenvalue weighted by Gasteiger charge is 2.42. The minimum Gasteiger partial charge on any atom is -0.314 e. The van der Waals surface area contributed by atoms with Crippen molar-refractivity contribution in [3.63, 3.8) is 0 Å². The van der Waals surface area contributed by atoms with Crippen LogP contribution in [0.1, 0.15) is 29.8 Å². The smallest absolute Gasteiger partial charge is 0.257 e. The van der Waals surface area contributed by atoms with Crippen molar-refractivity contribution in [2.45, 2.75) is 19.3 Å². The van der Waals surface area contributed by atoms with Gasteiger partial charge in [0.2, 0.25) is 5.91 Å². The predicted octanol–water partition coefficient (Wildman–Crippen LogP) is 4.97. The monoisotopic (exact) mass is 411 g/mol. The van der Waals surface area contributed by atoms with E-state index < -0.39 is 5.41 Å². The standard InChI is InChI=1S/C21H18ClN3O2S/c1-21(2)15-10-12(7-8-17(15)25(3)19(21)27)16-11-28-20(23-16)24-18(26)13-5-4-6-14(22)9-13/h4-11H,1-3H3,(H,23,24,26). The summed E-state index contributed by atoms with van der Waals surface area (Å²) in [5.74, 6) is -0.182. The lowest BCUT2D eigenvalue weighted by Gasteiger charge is -2.16. The number of fused-ring (bicyclic) bond motifs is 1. The Labute approximate surface area is 172 Å². The van der Waals surface area contributed by atoms with E-state index in [4.69, 9.17) is 11.6 Å². The topological polar surface area (TPSA) is 62.3 Å². The predicted molar refractivity (Wildman–Crippen MR) is 113 cm³/mol. The number of amides is 2. The second-order valence-corrected chi connectivity index (χ2v) is 8.52. The molecule has 0 saturated carbocycles. The fourth-order valence-corrected chi connectivity index (χ4v) is 4.30. The van der Waals surface area contributed by atoms with Gasteiger partial charge in [0.05, 0.1) is 11.1 Å². The van der Waals surface area contributed by atoms with Crippen LogP contribution in [0.15, 0.2) is 47.8 Å². The van der Waals surface area contributed by atoms with Gasteiger partial charge in [0, 0.05) is 34.3 Å². The highest BCUT2D eigenvalue weighted by Crippen LogP contribution is 2.42. The number of likely N-dealkylation sites (N-methyl/N-ethyl adjacent to an activating group) is 1. The number of benzene rings is 2. The van der Waals surface area contributed by atoms with Gasteiger partial charge in [0.1, 0.15) is 0 Å². The quantitative estimate of drug-likeness (QED) is 0.661. The lowest BCUT2D eigenvalue weighted by Crippen LogP contribution is -2.33. The van der Waals surface area contributed by atoms with Gasteiger partial charge in [-0.15, -0.1) is 11.3 Å². The molecule has 4 rings (SSSR count). The number of hydrogen-bond donors (Lipinski definition) is 1. The van der Waals surface area contributed by atoms with E-state index in [1.165, 1.54) is 11.3 Å². The average Bonchev–Trinajstić information content (AvgIpc) is 3.20. The van der Waals surface area contributed by atoms with Crippen molar-refractivity contribution in [3.8, 4) is 11.3 Å². The summed E-state index contributed by atoms with van der Waals surface area (Å²) in [6.07, 6.45) is 0. The molecule has 0 unspecified atom stereocenters. The van der Waals surface area contributed by atoms with E-state index in [1.807, 2.05) is 37.4 Å². The van der Waals surface area contributed by atoms with Gasteiger partial charge in [0.15, 0.2) is 5.13 Å². The number of nitrogens with one attached hydrogen (secondary N) is 1. The molecule has 2 heterocycles. The first-order valence-corrected chi connectivity index (χ1v) is 9.98. The van der Waals surface area contributed by atoms with E-state index in [-0.39, 0.29) is 11.8 Å². The van der Waals surface area contributed by atoms with Crippen LogP contribution in [0.25, 0.3) is 11.3 Å². The fourth-order valence-electron chi connectivity index (χ4n) is 3.40. The summed E-state index contributed by atoms with van der Waals surface area (Å²) in [4.78, 5) is 31.1. The normalized spacial score (nSPS) is 14.9. The van der Waals surface area contributed by atoms with Crippen molar-refractivity contribution in [2.75, 3.05) is 17.3 Å². The van der Waals surface area contributed by atoms with Crippen molar-refractivity contribution >= 4 is 45.6 Å². The molecule has 1 aromatic heterocycles. The molecule has 3 aromatic rings. The number of halogens is 1. The lowest BCUT2D eigenvalue weighted by molar-refractivity contribution is -0.121. The summed E-state index contributed by atoms with van der Waals surface area (Å²) < 4.78 is 0. The molecule has 5 nitrogen and oxygen atoms in total. The molecule has 0 aliphatic carbocycles. The maximum Gasteiger partial charge on any atom is 0.257 e. The van der Waals surface area contributed by atoms with Crippen molar-refractivity contribution in [2.24, 2.45) is 0 Å². The highest BCUT2D eigenvalue weighted by molar-refractivity contribution is 7.14. The molecule has 28 heavy (non-hydrogen) atoms. The number of aromatic nitrogens is 1. The molecule has 0 bridgehead atoms. The molecule has 2 amide bonds. The molecule has 0 fully saturated rings. The largest absolute Gasteiger partial charge is 0.314 e. The van der Waals surface area contributed by atoms with E-state index in [0.717, 1.165) is 22.5 Å². The lowest BCUT2D eigenvalue weighted by atomic mass is 9.85. The summed E-state index contributed by atoms with van der Waals surface area (Å²) in [6, 6.07) is 12.7. The van der Waals surface area contributed by atoms with Crippen LogP contribution in [0.5, 0.6) is 0 Å². The van der Waals surface area contributed by atoms with Crippen LogP contribution in [-0.4, -0.2) is 23.8 Å². The van der Waals surface area contributed by atoms with Gasteiger partial charge in [-0.05, 0) is 49.7 Å². The van der Waals surface area contributed by atoms with Crippen molar-refractivity contribution in [3.05, 3.63) is 64.0 Å². The zero-order chi connectivity index (χ0) is 20.1. The summed E-state index contributed by atoms with van der Waals surface area (Å²) in [5.41, 5.74) is 3.48. The Kier molecular flexibility index (Phi) is 4.48. The SMILES string of the molecule is CN1C(=O)C(C)(C)c2cc(-c3csc(NC(=O)c4cccc(Cl)c4)n3)ccc21. The van der Waals surface area contributed by atoms with E-state index >= 15 is 0 Å². The maximum absolute atomic E-state index is 12.5. The van der Waals surface area contributed by atoms with E-state index in [2.05, 4.69) is 10.3 Å². The van der Waals surface area contributed by atoms with E-state index in [0.29, 0.717) is 15.7 Å². The van der Waals surface area contributed by atoms with Crippen LogP contribution in [0, 0.1) is 0 Å². The Hall–Kier alpha value is -2.70. The number of carbonyl (C=O) groups excluding carboxylic acids is 2. The summed E-state index contributed by atoms with van der Waals surface area (Å²) in [7, 11) is 1.79. The van der Waals surface area contributed by atoms with Gasteiger partial charge in [-0.3, -0.25) is 14.9 Å². The van der Waals surface area contributed by atoms with Crippen LogP contribution in [0.4, 0.5) is 10.8 Å². The molecule has 0 spiro atoms. The molecule has 1 N–H and O–H groups in total.